The van der Waals surface area contributed by atoms with Crippen molar-refractivity contribution in [1.29, 1.82) is 0 Å². The molecular weight excluding hydrogens is 293 g/mol. The van der Waals surface area contributed by atoms with Crippen LogP contribution in [0.4, 0.5) is 4.39 Å². The molecule has 102 valence electrons. The van der Waals surface area contributed by atoms with E-state index in [-0.39, 0.29) is 5.82 Å². The fourth-order valence-corrected chi connectivity index (χ4v) is 2.38. The number of hydrogen-bond donors (Lipinski definition) is 1. The Hall–Kier alpha value is -0.410. The minimum absolute atomic E-state index is 0.169. The molecule has 0 aliphatic rings. The maximum Gasteiger partial charge on any atom is 0.137 e. The first kappa shape index (κ1) is 15.6. The minimum Gasteiger partial charge on any atom is -0.316 e. The Morgan fingerprint density at radius 3 is 2.61 bits per heavy atom. The number of hydrogen-bond acceptors (Lipinski definition) is 1. The predicted octanol–water partition coefficient (Wildman–Crippen LogP) is 4.40. The van der Waals surface area contributed by atoms with E-state index < -0.39 is 0 Å². The topological polar surface area (TPSA) is 12.0 Å². The zero-order chi connectivity index (χ0) is 13.5. The second-order valence-corrected chi connectivity index (χ2v) is 6.04. The van der Waals surface area contributed by atoms with E-state index in [0.29, 0.717) is 16.3 Å². The summed E-state index contributed by atoms with van der Waals surface area (Å²) in [4.78, 5) is 0. The van der Waals surface area contributed by atoms with Crippen LogP contribution in [0.1, 0.15) is 32.8 Å². The van der Waals surface area contributed by atoms with Crippen molar-refractivity contribution in [2.75, 3.05) is 13.1 Å². The summed E-state index contributed by atoms with van der Waals surface area (Å²) < 4.78 is 14.0. The lowest BCUT2D eigenvalue weighted by molar-refractivity contribution is 0.436. The Morgan fingerprint density at radius 2 is 2.00 bits per heavy atom. The summed E-state index contributed by atoms with van der Waals surface area (Å²) >= 11 is 3.33. The second kappa shape index (κ2) is 7.90. The molecule has 0 amide bonds. The van der Waals surface area contributed by atoms with E-state index in [9.17, 15) is 4.39 Å². The molecule has 0 spiro atoms. The first-order valence-corrected chi connectivity index (χ1v) is 7.47. The van der Waals surface area contributed by atoms with Gasteiger partial charge in [0.05, 0.1) is 4.47 Å². The fourth-order valence-electron chi connectivity index (χ4n) is 1.95. The van der Waals surface area contributed by atoms with Crippen molar-refractivity contribution in [2.45, 2.75) is 33.6 Å². The largest absolute Gasteiger partial charge is 0.316 e. The molecule has 1 aromatic carbocycles. The standard InChI is InChI=1S/C15H23BrFN/c1-4-12(10-18-9-11(2)3)8-13-6-5-7-14(17)15(13)16/h5-7,11-12,18H,4,8-10H2,1-3H3. The van der Waals surface area contributed by atoms with Crippen molar-refractivity contribution in [3.05, 3.63) is 34.1 Å². The second-order valence-electron chi connectivity index (χ2n) is 5.24. The smallest absolute Gasteiger partial charge is 0.137 e. The molecule has 1 unspecified atom stereocenters. The van der Waals surface area contributed by atoms with Gasteiger partial charge in [0.15, 0.2) is 0 Å². The Kier molecular flexibility index (Phi) is 6.87. The molecule has 0 saturated heterocycles. The van der Waals surface area contributed by atoms with E-state index in [0.717, 1.165) is 31.5 Å². The highest BCUT2D eigenvalue weighted by Crippen LogP contribution is 2.23. The van der Waals surface area contributed by atoms with Gasteiger partial charge in [0, 0.05) is 0 Å². The molecule has 0 aliphatic carbocycles. The zero-order valence-corrected chi connectivity index (χ0v) is 13.1. The summed E-state index contributed by atoms with van der Waals surface area (Å²) in [5, 5.41) is 3.48. The third-order valence-corrected chi connectivity index (χ3v) is 3.99. The van der Waals surface area contributed by atoms with E-state index in [1.165, 1.54) is 6.07 Å². The average molecular weight is 316 g/mol. The lowest BCUT2D eigenvalue weighted by Crippen LogP contribution is -2.27. The monoisotopic (exact) mass is 315 g/mol. The maximum absolute atomic E-state index is 13.4. The van der Waals surface area contributed by atoms with Gasteiger partial charge in [-0.1, -0.05) is 39.3 Å². The third kappa shape index (κ3) is 5.07. The van der Waals surface area contributed by atoms with E-state index in [2.05, 4.69) is 42.0 Å². The Labute approximate surface area is 118 Å². The van der Waals surface area contributed by atoms with Crippen LogP contribution in [0.2, 0.25) is 0 Å². The quantitative estimate of drug-likeness (QED) is 0.786. The normalized spacial score (nSPS) is 13.0. The van der Waals surface area contributed by atoms with Crippen LogP contribution >= 0.6 is 15.9 Å². The number of halogens is 2. The van der Waals surface area contributed by atoms with Gasteiger partial charge in [0.1, 0.15) is 5.82 Å². The molecule has 1 nitrogen and oxygen atoms in total. The van der Waals surface area contributed by atoms with Crippen molar-refractivity contribution in [2.24, 2.45) is 11.8 Å². The van der Waals surface area contributed by atoms with Gasteiger partial charge in [-0.2, -0.15) is 0 Å². The van der Waals surface area contributed by atoms with E-state index in [1.807, 2.05) is 6.07 Å². The predicted molar refractivity (Wildman–Crippen MR) is 79.3 cm³/mol. The lowest BCUT2D eigenvalue weighted by Gasteiger charge is -2.17. The van der Waals surface area contributed by atoms with Gasteiger partial charge in [-0.05, 0) is 58.9 Å². The van der Waals surface area contributed by atoms with Crippen molar-refractivity contribution >= 4 is 15.9 Å². The van der Waals surface area contributed by atoms with Crippen LogP contribution in [0.5, 0.6) is 0 Å². The number of benzene rings is 1. The van der Waals surface area contributed by atoms with Crippen LogP contribution in [0, 0.1) is 17.7 Å². The molecule has 0 aromatic heterocycles. The summed E-state index contributed by atoms with van der Waals surface area (Å²) in [5.74, 6) is 1.06. The first-order chi connectivity index (χ1) is 8.54. The molecule has 1 aromatic rings. The molecule has 0 heterocycles. The average Bonchev–Trinajstić information content (AvgIpc) is 2.33. The fraction of sp³-hybridized carbons (Fsp3) is 0.600. The number of rotatable bonds is 7. The molecule has 3 heteroatoms. The molecule has 0 saturated carbocycles. The maximum atomic E-state index is 13.4. The van der Waals surface area contributed by atoms with Gasteiger partial charge in [-0.3, -0.25) is 0 Å². The van der Waals surface area contributed by atoms with Gasteiger partial charge >= 0.3 is 0 Å². The molecule has 1 rings (SSSR count). The van der Waals surface area contributed by atoms with Gasteiger partial charge in [0.25, 0.3) is 0 Å². The lowest BCUT2D eigenvalue weighted by atomic mass is 9.96. The van der Waals surface area contributed by atoms with Gasteiger partial charge in [0.2, 0.25) is 0 Å². The highest BCUT2D eigenvalue weighted by molar-refractivity contribution is 9.10. The van der Waals surface area contributed by atoms with E-state index >= 15 is 0 Å². The molecule has 18 heavy (non-hydrogen) atoms. The Balaban J connectivity index is 2.54. The molecular formula is C15H23BrFN. The Bertz CT molecular complexity index is 366. The van der Waals surface area contributed by atoms with Gasteiger partial charge in [-0.25, -0.2) is 4.39 Å². The summed E-state index contributed by atoms with van der Waals surface area (Å²) in [6.45, 7) is 8.64. The van der Waals surface area contributed by atoms with Gasteiger partial charge < -0.3 is 5.32 Å². The van der Waals surface area contributed by atoms with Crippen molar-refractivity contribution in [3.63, 3.8) is 0 Å². The van der Waals surface area contributed by atoms with E-state index in [4.69, 9.17) is 0 Å². The SMILES string of the molecule is CCC(CNCC(C)C)Cc1cccc(F)c1Br. The summed E-state index contributed by atoms with van der Waals surface area (Å²) in [6.07, 6.45) is 2.02. The molecule has 0 aliphatic heterocycles. The van der Waals surface area contributed by atoms with Crippen LogP contribution in [-0.4, -0.2) is 13.1 Å². The summed E-state index contributed by atoms with van der Waals surface area (Å²) in [7, 11) is 0. The molecule has 0 fully saturated rings. The van der Waals surface area contributed by atoms with E-state index in [1.54, 1.807) is 6.07 Å². The van der Waals surface area contributed by atoms with Gasteiger partial charge in [-0.15, -0.1) is 0 Å². The van der Waals surface area contributed by atoms with Crippen molar-refractivity contribution in [1.82, 2.24) is 5.32 Å². The summed E-state index contributed by atoms with van der Waals surface area (Å²) in [5.41, 5.74) is 1.06. The molecule has 1 N–H and O–H groups in total. The highest BCUT2D eigenvalue weighted by Gasteiger charge is 2.11. The zero-order valence-electron chi connectivity index (χ0n) is 11.5. The summed E-state index contributed by atoms with van der Waals surface area (Å²) in [6, 6.07) is 5.27. The molecule has 1 atom stereocenters. The van der Waals surface area contributed by atoms with Crippen LogP contribution in [-0.2, 0) is 6.42 Å². The third-order valence-electron chi connectivity index (χ3n) is 3.10. The minimum atomic E-state index is -0.169. The van der Waals surface area contributed by atoms with Crippen molar-refractivity contribution < 1.29 is 4.39 Å². The highest BCUT2D eigenvalue weighted by atomic mass is 79.9. The number of nitrogens with one attached hydrogen (secondary N) is 1. The Morgan fingerprint density at radius 1 is 1.28 bits per heavy atom. The van der Waals surface area contributed by atoms with Crippen molar-refractivity contribution in [3.8, 4) is 0 Å². The molecule has 0 bridgehead atoms. The molecule has 0 radical (unpaired) electrons. The van der Waals surface area contributed by atoms with Crippen LogP contribution in [0.3, 0.4) is 0 Å². The van der Waals surface area contributed by atoms with Crippen LogP contribution in [0.15, 0.2) is 22.7 Å². The van der Waals surface area contributed by atoms with Crippen LogP contribution < -0.4 is 5.32 Å². The van der Waals surface area contributed by atoms with Crippen LogP contribution in [0.25, 0.3) is 0 Å². The first-order valence-electron chi connectivity index (χ1n) is 6.68.